The minimum absolute atomic E-state index is 0.227. The molecule has 0 fully saturated rings. The zero-order chi connectivity index (χ0) is 9.84. The van der Waals surface area contributed by atoms with Gasteiger partial charge < -0.3 is 5.11 Å². The molecular formula is C9H17N3O. The van der Waals surface area contributed by atoms with Crippen LogP contribution in [0.2, 0.25) is 0 Å². The predicted octanol–water partition coefficient (Wildman–Crippen LogP) is 0.765. The van der Waals surface area contributed by atoms with Crippen molar-refractivity contribution in [2.75, 3.05) is 0 Å². The second-order valence-corrected chi connectivity index (χ2v) is 3.70. The average molecular weight is 183 g/mol. The fourth-order valence-corrected chi connectivity index (χ4v) is 1.17. The molecule has 0 radical (unpaired) electrons. The summed E-state index contributed by atoms with van der Waals surface area (Å²) in [6, 6.07) is 0. The Kier molecular flexibility index (Phi) is 3.42. The van der Waals surface area contributed by atoms with E-state index in [1.165, 1.54) is 0 Å². The van der Waals surface area contributed by atoms with E-state index in [1.807, 2.05) is 20.9 Å². The Balaban J connectivity index is 2.39. The van der Waals surface area contributed by atoms with Crippen LogP contribution in [0.3, 0.4) is 0 Å². The van der Waals surface area contributed by atoms with Crippen LogP contribution < -0.4 is 0 Å². The van der Waals surface area contributed by atoms with Crippen LogP contribution in [0.5, 0.6) is 0 Å². The van der Waals surface area contributed by atoms with E-state index < -0.39 is 0 Å². The van der Waals surface area contributed by atoms with Crippen LogP contribution in [0.1, 0.15) is 26.0 Å². The number of aliphatic hydroxyl groups is 1. The van der Waals surface area contributed by atoms with Gasteiger partial charge in [0.25, 0.3) is 0 Å². The van der Waals surface area contributed by atoms with Crippen LogP contribution in [-0.2, 0) is 13.5 Å². The van der Waals surface area contributed by atoms with Crippen molar-refractivity contribution in [3.8, 4) is 0 Å². The third kappa shape index (κ3) is 2.81. The lowest BCUT2D eigenvalue weighted by Crippen LogP contribution is -2.16. The summed E-state index contributed by atoms with van der Waals surface area (Å²) in [4.78, 5) is 0. The van der Waals surface area contributed by atoms with Gasteiger partial charge in [0, 0.05) is 7.05 Å². The van der Waals surface area contributed by atoms with Crippen LogP contribution in [0.4, 0.5) is 0 Å². The monoisotopic (exact) mass is 183 g/mol. The molecule has 1 atom stereocenters. The first-order chi connectivity index (χ1) is 6.11. The van der Waals surface area contributed by atoms with Gasteiger partial charge in [-0.25, -0.2) is 0 Å². The van der Waals surface area contributed by atoms with Gasteiger partial charge in [-0.15, -0.1) is 5.10 Å². The molecule has 1 unspecified atom stereocenters. The SMILES string of the molecule is CC(C)C(O)CCc1cnnn1C. The predicted molar refractivity (Wildman–Crippen MR) is 50.2 cm³/mol. The molecule has 4 nitrogen and oxygen atoms in total. The van der Waals surface area contributed by atoms with Gasteiger partial charge in [0.2, 0.25) is 0 Å². The largest absolute Gasteiger partial charge is 0.393 e. The molecule has 1 rings (SSSR count). The Bertz CT molecular complexity index is 257. The highest BCUT2D eigenvalue weighted by molar-refractivity contribution is 4.93. The van der Waals surface area contributed by atoms with Crippen LogP contribution in [0, 0.1) is 5.92 Å². The molecule has 0 spiro atoms. The Morgan fingerprint density at radius 3 is 2.69 bits per heavy atom. The summed E-state index contributed by atoms with van der Waals surface area (Å²) in [7, 11) is 1.87. The first-order valence-corrected chi connectivity index (χ1v) is 4.63. The Morgan fingerprint density at radius 1 is 1.54 bits per heavy atom. The highest BCUT2D eigenvalue weighted by Crippen LogP contribution is 2.09. The summed E-state index contributed by atoms with van der Waals surface area (Å²) in [5, 5.41) is 17.2. The maximum absolute atomic E-state index is 9.57. The van der Waals surface area contributed by atoms with Gasteiger partial charge >= 0.3 is 0 Å². The van der Waals surface area contributed by atoms with Gasteiger partial charge in [0.05, 0.1) is 18.0 Å². The molecule has 0 aliphatic carbocycles. The second-order valence-electron chi connectivity index (χ2n) is 3.70. The van der Waals surface area contributed by atoms with E-state index in [2.05, 4.69) is 10.3 Å². The third-order valence-corrected chi connectivity index (χ3v) is 2.27. The van der Waals surface area contributed by atoms with Crippen molar-refractivity contribution in [2.45, 2.75) is 32.8 Å². The molecule has 74 valence electrons. The molecule has 1 aromatic rings. The number of hydrogen-bond acceptors (Lipinski definition) is 3. The van der Waals surface area contributed by atoms with Crippen molar-refractivity contribution in [2.24, 2.45) is 13.0 Å². The molecule has 0 aromatic carbocycles. The zero-order valence-corrected chi connectivity index (χ0v) is 8.44. The molecule has 0 amide bonds. The van der Waals surface area contributed by atoms with Crippen LogP contribution in [0.25, 0.3) is 0 Å². The van der Waals surface area contributed by atoms with Crippen LogP contribution in [-0.4, -0.2) is 26.2 Å². The number of aryl methyl sites for hydroxylation is 2. The van der Waals surface area contributed by atoms with E-state index in [-0.39, 0.29) is 6.10 Å². The Morgan fingerprint density at radius 2 is 2.23 bits per heavy atom. The minimum atomic E-state index is -0.227. The summed E-state index contributed by atoms with van der Waals surface area (Å²) < 4.78 is 1.74. The van der Waals surface area contributed by atoms with E-state index in [0.717, 1.165) is 18.5 Å². The van der Waals surface area contributed by atoms with Crippen molar-refractivity contribution in [3.05, 3.63) is 11.9 Å². The van der Waals surface area contributed by atoms with Gasteiger partial charge in [-0.1, -0.05) is 19.1 Å². The fraction of sp³-hybridized carbons (Fsp3) is 0.778. The summed E-state index contributed by atoms with van der Waals surface area (Å²) >= 11 is 0. The van der Waals surface area contributed by atoms with Crippen LogP contribution in [0.15, 0.2) is 6.20 Å². The fourth-order valence-electron chi connectivity index (χ4n) is 1.17. The molecule has 1 aromatic heterocycles. The highest BCUT2D eigenvalue weighted by atomic mass is 16.3. The second kappa shape index (κ2) is 4.37. The Labute approximate surface area is 78.6 Å². The first-order valence-electron chi connectivity index (χ1n) is 4.63. The molecule has 1 heterocycles. The van der Waals surface area contributed by atoms with E-state index in [4.69, 9.17) is 0 Å². The van der Waals surface area contributed by atoms with Gasteiger partial charge in [-0.3, -0.25) is 4.68 Å². The quantitative estimate of drug-likeness (QED) is 0.750. The first kappa shape index (κ1) is 10.2. The number of aliphatic hydroxyl groups excluding tert-OH is 1. The van der Waals surface area contributed by atoms with Crippen molar-refractivity contribution in [1.29, 1.82) is 0 Å². The zero-order valence-electron chi connectivity index (χ0n) is 8.44. The molecule has 0 saturated heterocycles. The number of nitrogens with zero attached hydrogens (tertiary/aromatic N) is 3. The summed E-state index contributed by atoms with van der Waals surface area (Å²) in [6.07, 6.45) is 3.13. The minimum Gasteiger partial charge on any atom is -0.393 e. The van der Waals surface area contributed by atoms with E-state index in [9.17, 15) is 5.11 Å². The van der Waals surface area contributed by atoms with Crippen LogP contribution >= 0.6 is 0 Å². The molecule has 0 bridgehead atoms. The topological polar surface area (TPSA) is 50.9 Å². The Hall–Kier alpha value is -0.900. The smallest absolute Gasteiger partial charge is 0.0725 e. The van der Waals surface area contributed by atoms with Gasteiger partial charge in [-0.05, 0) is 18.8 Å². The lowest BCUT2D eigenvalue weighted by Gasteiger charge is -2.13. The average Bonchev–Trinajstić information content (AvgIpc) is 2.47. The third-order valence-electron chi connectivity index (χ3n) is 2.27. The highest BCUT2D eigenvalue weighted by Gasteiger charge is 2.10. The van der Waals surface area contributed by atoms with Gasteiger partial charge in [0.15, 0.2) is 0 Å². The van der Waals surface area contributed by atoms with Crippen molar-refractivity contribution in [1.82, 2.24) is 15.0 Å². The molecule has 0 aliphatic rings. The van der Waals surface area contributed by atoms with Gasteiger partial charge in [-0.2, -0.15) is 0 Å². The summed E-state index contributed by atoms with van der Waals surface area (Å²) in [5.74, 6) is 0.321. The van der Waals surface area contributed by atoms with E-state index >= 15 is 0 Å². The number of aromatic nitrogens is 3. The maximum Gasteiger partial charge on any atom is 0.0725 e. The lowest BCUT2D eigenvalue weighted by molar-refractivity contribution is 0.116. The molecule has 4 heteroatoms. The molecule has 13 heavy (non-hydrogen) atoms. The molecule has 0 saturated carbocycles. The summed E-state index contributed by atoms with van der Waals surface area (Å²) in [6.45, 7) is 4.04. The molecule has 1 N–H and O–H groups in total. The van der Waals surface area contributed by atoms with Crippen molar-refractivity contribution in [3.63, 3.8) is 0 Å². The normalized spacial score (nSPS) is 13.6. The van der Waals surface area contributed by atoms with Crippen molar-refractivity contribution >= 4 is 0 Å². The van der Waals surface area contributed by atoms with E-state index in [1.54, 1.807) is 10.9 Å². The maximum atomic E-state index is 9.57. The summed E-state index contributed by atoms with van der Waals surface area (Å²) in [5.41, 5.74) is 1.07. The van der Waals surface area contributed by atoms with E-state index in [0.29, 0.717) is 5.92 Å². The number of hydrogen-bond donors (Lipinski definition) is 1. The lowest BCUT2D eigenvalue weighted by atomic mass is 10.0. The molecular weight excluding hydrogens is 166 g/mol. The van der Waals surface area contributed by atoms with Crippen molar-refractivity contribution < 1.29 is 5.11 Å². The standard InChI is InChI=1S/C9H17N3O/c1-7(2)9(13)5-4-8-6-10-11-12(8)3/h6-7,9,13H,4-5H2,1-3H3. The molecule has 0 aliphatic heterocycles. The van der Waals surface area contributed by atoms with Gasteiger partial charge in [0.1, 0.15) is 0 Å². The number of rotatable bonds is 4.